The minimum atomic E-state index is -0.104. The van der Waals surface area contributed by atoms with Gasteiger partial charge in [0.05, 0.1) is 11.1 Å². The van der Waals surface area contributed by atoms with E-state index < -0.39 is 0 Å². The number of aromatic nitrogens is 1. The fourth-order valence-electron chi connectivity index (χ4n) is 1.92. The van der Waals surface area contributed by atoms with Crippen molar-refractivity contribution in [3.8, 4) is 0 Å². The smallest absolute Gasteiger partial charge is 0.218 e. The monoisotopic (exact) mass is 232 g/mol. The van der Waals surface area contributed by atoms with Gasteiger partial charge in [0.25, 0.3) is 0 Å². The van der Waals surface area contributed by atoms with Crippen LogP contribution in [0.3, 0.4) is 0 Å². The van der Waals surface area contributed by atoms with E-state index in [0.29, 0.717) is 6.61 Å². The van der Waals surface area contributed by atoms with E-state index in [1.807, 2.05) is 12.4 Å². The normalized spacial score (nSPS) is 17.7. The summed E-state index contributed by atoms with van der Waals surface area (Å²) in [6.07, 6.45) is 7.16. The minimum absolute atomic E-state index is 0.104. The van der Waals surface area contributed by atoms with Crippen LogP contribution < -0.4 is 0 Å². The third-order valence-corrected chi connectivity index (χ3v) is 2.91. The van der Waals surface area contributed by atoms with E-state index in [-0.39, 0.29) is 5.54 Å². The van der Waals surface area contributed by atoms with Crippen molar-refractivity contribution in [2.45, 2.75) is 45.6 Å². The number of hydrogen-bond donors (Lipinski definition) is 0. The molecular formula is C14H20N2O. The van der Waals surface area contributed by atoms with Gasteiger partial charge >= 0.3 is 0 Å². The van der Waals surface area contributed by atoms with Gasteiger partial charge in [0.2, 0.25) is 5.90 Å². The van der Waals surface area contributed by atoms with Crippen molar-refractivity contribution in [3.05, 3.63) is 29.6 Å². The van der Waals surface area contributed by atoms with E-state index in [4.69, 9.17) is 4.74 Å². The van der Waals surface area contributed by atoms with Gasteiger partial charge in [0.1, 0.15) is 6.61 Å². The van der Waals surface area contributed by atoms with Crippen LogP contribution >= 0.6 is 0 Å². The van der Waals surface area contributed by atoms with Gasteiger partial charge in [-0.15, -0.1) is 0 Å². The Bertz CT molecular complexity index is 424. The highest BCUT2D eigenvalue weighted by Gasteiger charge is 2.28. The summed E-state index contributed by atoms with van der Waals surface area (Å²) >= 11 is 0. The lowest BCUT2D eigenvalue weighted by Crippen LogP contribution is -2.17. The molecule has 1 aromatic rings. The van der Waals surface area contributed by atoms with Crippen molar-refractivity contribution in [2.75, 3.05) is 6.61 Å². The van der Waals surface area contributed by atoms with E-state index in [1.54, 1.807) is 0 Å². The second-order valence-corrected chi connectivity index (χ2v) is 5.15. The first-order valence-electron chi connectivity index (χ1n) is 6.28. The second kappa shape index (κ2) is 4.86. The van der Waals surface area contributed by atoms with Gasteiger partial charge in [0.15, 0.2) is 0 Å². The maximum absolute atomic E-state index is 5.68. The fourth-order valence-corrected chi connectivity index (χ4v) is 1.92. The predicted molar refractivity (Wildman–Crippen MR) is 69.4 cm³/mol. The van der Waals surface area contributed by atoms with Gasteiger partial charge in [0, 0.05) is 12.4 Å². The van der Waals surface area contributed by atoms with Gasteiger partial charge in [-0.05, 0) is 38.3 Å². The van der Waals surface area contributed by atoms with Gasteiger partial charge in [-0.1, -0.05) is 13.3 Å². The molecule has 0 atom stereocenters. The van der Waals surface area contributed by atoms with Crippen LogP contribution in [-0.2, 0) is 11.2 Å². The predicted octanol–water partition coefficient (Wildman–Crippen LogP) is 2.98. The molecule has 0 fully saturated rings. The van der Waals surface area contributed by atoms with Gasteiger partial charge in [-0.3, -0.25) is 4.98 Å². The van der Waals surface area contributed by atoms with Crippen molar-refractivity contribution in [1.29, 1.82) is 0 Å². The molecule has 17 heavy (non-hydrogen) atoms. The van der Waals surface area contributed by atoms with Crippen molar-refractivity contribution in [2.24, 2.45) is 4.99 Å². The van der Waals surface area contributed by atoms with Crippen LogP contribution in [0.25, 0.3) is 0 Å². The standard InChI is InChI=1S/C14H20N2O/c1-4-5-6-11-7-8-15-9-12(11)13-16-14(2,3)10-17-13/h7-9H,4-6,10H2,1-3H3. The highest BCUT2D eigenvalue weighted by Crippen LogP contribution is 2.22. The van der Waals surface area contributed by atoms with E-state index >= 15 is 0 Å². The van der Waals surface area contributed by atoms with Crippen molar-refractivity contribution < 1.29 is 4.74 Å². The third kappa shape index (κ3) is 2.84. The molecule has 3 nitrogen and oxygen atoms in total. The molecule has 0 amide bonds. The molecule has 0 spiro atoms. The molecule has 92 valence electrons. The maximum atomic E-state index is 5.68. The average molecular weight is 232 g/mol. The van der Waals surface area contributed by atoms with Crippen molar-refractivity contribution >= 4 is 5.90 Å². The molecule has 2 heterocycles. The highest BCUT2D eigenvalue weighted by molar-refractivity contribution is 5.96. The molecule has 0 radical (unpaired) electrons. The number of pyridine rings is 1. The van der Waals surface area contributed by atoms with Crippen LogP contribution in [0.5, 0.6) is 0 Å². The van der Waals surface area contributed by atoms with Crippen molar-refractivity contribution in [3.63, 3.8) is 0 Å². The Labute approximate surface area is 103 Å². The number of aliphatic imine (C=N–C) groups is 1. The molecule has 1 aromatic heterocycles. The van der Waals surface area contributed by atoms with Crippen LogP contribution in [0.4, 0.5) is 0 Å². The maximum Gasteiger partial charge on any atom is 0.218 e. The highest BCUT2D eigenvalue weighted by atomic mass is 16.5. The Morgan fingerprint density at radius 1 is 1.41 bits per heavy atom. The minimum Gasteiger partial charge on any atom is -0.475 e. The molecule has 3 heteroatoms. The third-order valence-electron chi connectivity index (χ3n) is 2.91. The Kier molecular flexibility index (Phi) is 3.46. The molecular weight excluding hydrogens is 212 g/mol. The topological polar surface area (TPSA) is 34.5 Å². The molecule has 0 bridgehead atoms. The summed E-state index contributed by atoms with van der Waals surface area (Å²) in [5.41, 5.74) is 2.25. The summed E-state index contributed by atoms with van der Waals surface area (Å²) in [4.78, 5) is 8.80. The zero-order chi connectivity index (χ0) is 12.3. The summed E-state index contributed by atoms with van der Waals surface area (Å²) < 4.78 is 5.68. The Morgan fingerprint density at radius 3 is 2.88 bits per heavy atom. The molecule has 1 aliphatic heterocycles. The van der Waals surface area contributed by atoms with Crippen LogP contribution in [0.15, 0.2) is 23.5 Å². The first kappa shape index (κ1) is 12.1. The summed E-state index contributed by atoms with van der Waals surface area (Å²) in [5, 5.41) is 0. The second-order valence-electron chi connectivity index (χ2n) is 5.15. The lowest BCUT2D eigenvalue weighted by Gasteiger charge is -2.08. The first-order valence-corrected chi connectivity index (χ1v) is 6.28. The van der Waals surface area contributed by atoms with Gasteiger partial charge < -0.3 is 4.74 Å². The number of aryl methyl sites for hydroxylation is 1. The SMILES string of the molecule is CCCCc1ccncc1C1=NC(C)(C)CO1. The molecule has 0 unspecified atom stereocenters. The van der Waals surface area contributed by atoms with Gasteiger partial charge in [-0.25, -0.2) is 4.99 Å². The zero-order valence-electron chi connectivity index (χ0n) is 10.9. The molecule has 2 rings (SSSR count). The number of hydrogen-bond acceptors (Lipinski definition) is 3. The van der Waals surface area contributed by atoms with E-state index in [9.17, 15) is 0 Å². The molecule has 0 aliphatic carbocycles. The number of ether oxygens (including phenoxy) is 1. The molecule has 0 N–H and O–H groups in total. The Hall–Kier alpha value is -1.38. The zero-order valence-corrected chi connectivity index (χ0v) is 10.9. The van der Waals surface area contributed by atoms with Crippen LogP contribution in [0, 0.1) is 0 Å². The first-order chi connectivity index (χ1) is 8.12. The number of nitrogens with zero attached hydrogens (tertiary/aromatic N) is 2. The fraction of sp³-hybridized carbons (Fsp3) is 0.571. The molecule has 0 saturated heterocycles. The van der Waals surface area contributed by atoms with E-state index in [1.165, 1.54) is 18.4 Å². The summed E-state index contributed by atoms with van der Waals surface area (Å²) in [6.45, 7) is 7.03. The van der Waals surface area contributed by atoms with Crippen LogP contribution in [-0.4, -0.2) is 23.0 Å². The molecule has 1 aliphatic rings. The average Bonchev–Trinajstić information content (AvgIpc) is 2.67. The summed E-state index contributed by atoms with van der Waals surface area (Å²) in [6, 6.07) is 2.07. The molecule has 0 saturated carbocycles. The Balaban J connectivity index is 2.26. The summed E-state index contributed by atoms with van der Waals surface area (Å²) in [7, 11) is 0. The lowest BCUT2D eigenvalue weighted by atomic mass is 10.0. The van der Waals surface area contributed by atoms with Crippen LogP contribution in [0.2, 0.25) is 0 Å². The summed E-state index contributed by atoms with van der Waals surface area (Å²) in [5.74, 6) is 0.759. The van der Waals surface area contributed by atoms with E-state index in [0.717, 1.165) is 17.9 Å². The largest absolute Gasteiger partial charge is 0.475 e. The van der Waals surface area contributed by atoms with Gasteiger partial charge in [-0.2, -0.15) is 0 Å². The van der Waals surface area contributed by atoms with E-state index in [2.05, 4.69) is 36.8 Å². The molecule has 0 aromatic carbocycles. The van der Waals surface area contributed by atoms with Crippen molar-refractivity contribution in [1.82, 2.24) is 4.98 Å². The lowest BCUT2D eigenvalue weighted by molar-refractivity contribution is 0.279. The number of rotatable bonds is 4. The van der Waals surface area contributed by atoms with Crippen LogP contribution in [0.1, 0.15) is 44.7 Å². The quantitative estimate of drug-likeness (QED) is 0.799. The number of unbranched alkanes of at least 4 members (excludes halogenated alkanes) is 1. The Morgan fingerprint density at radius 2 is 2.24 bits per heavy atom.